The Hall–Kier alpha value is -0.110. The maximum atomic E-state index is 12.6. The molecule has 9 heavy (non-hydrogen) atoms. The van der Waals surface area contributed by atoms with Crippen LogP contribution in [0.25, 0.3) is 0 Å². The minimum atomic E-state index is -0.0758. The summed E-state index contributed by atoms with van der Waals surface area (Å²) in [5.41, 5.74) is 0.751. The van der Waals surface area contributed by atoms with Gasteiger partial charge in [0.2, 0.25) is 0 Å². The van der Waals surface area contributed by atoms with E-state index in [1.807, 2.05) is 0 Å². The van der Waals surface area contributed by atoms with Gasteiger partial charge in [-0.05, 0) is 31.4 Å². The van der Waals surface area contributed by atoms with Crippen molar-refractivity contribution in [3.05, 3.63) is 22.0 Å². The van der Waals surface area contributed by atoms with Gasteiger partial charge in [0.1, 0.15) is 5.83 Å². The van der Waals surface area contributed by atoms with Gasteiger partial charge < -0.3 is 0 Å². The molecule has 0 unspecified atom stereocenters. The lowest BCUT2D eigenvalue weighted by Crippen LogP contribution is -1.89. The van der Waals surface area contributed by atoms with Crippen LogP contribution in [-0.4, -0.2) is 0 Å². The predicted molar refractivity (Wildman–Crippen MR) is 40.1 cm³/mol. The average molecular weight is 191 g/mol. The lowest BCUT2D eigenvalue weighted by atomic mass is 10.1. The van der Waals surface area contributed by atoms with E-state index >= 15 is 0 Å². The first-order chi connectivity index (χ1) is 4.22. The zero-order valence-electron chi connectivity index (χ0n) is 5.25. The highest BCUT2D eigenvalue weighted by Gasteiger charge is 2.08. The van der Waals surface area contributed by atoms with Crippen LogP contribution in [0.3, 0.4) is 0 Å². The summed E-state index contributed by atoms with van der Waals surface area (Å²) in [5, 5.41) is 0. The third-order valence-corrected chi connectivity index (χ3v) is 2.44. The van der Waals surface area contributed by atoms with Crippen LogP contribution in [0, 0.1) is 0 Å². The van der Waals surface area contributed by atoms with E-state index in [1.54, 1.807) is 13.0 Å². The molecule has 50 valence electrons. The van der Waals surface area contributed by atoms with Gasteiger partial charge in [-0.3, -0.25) is 0 Å². The zero-order chi connectivity index (χ0) is 6.85. The van der Waals surface area contributed by atoms with Gasteiger partial charge in [0.25, 0.3) is 0 Å². The molecule has 0 bridgehead atoms. The Labute approximate surface area is 62.6 Å². The molecule has 0 fully saturated rings. The van der Waals surface area contributed by atoms with Gasteiger partial charge in [0.15, 0.2) is 0 Å². The molecule has 0 aromatic rings. The fourth-order valence-electron chi connectivity index (χ4n) is 0.796. The second-order valence-electron chi connectivity index (χ2n) is 2.12. The lowest BCUT2D eigenvalue weighted by molar-refractivity contribution is 0.634. The quantitative estimate of drug-likeness (QED) is 0.551. The molecule has 0 aromatic carbocycles. The molecule has 1 aliphatic rings. The van der Waals surface area contributed by atoms with E-state index < -0.39 is 0 Å². The maximum absolute atomic E-state index is 12.6. The van der Waals surface area contributed by atoms with Crippen LogP contribution in [0.15, 0.2) is 22.0 Å². The molecule has 0 heterocycles. The van der Waals surface area contributed by atoms with E-state index in [1.165, 1.54) is 0 Å². The van der Waals surface area contributed by atoms with E-state index in [2.05, 4.69) is 15.9 Å². The van der Waals surface area contributed by atoms with Gasteiger partial charge in [-0.1, -0.05) is 15.9 Å². The van der Waals surface area contributed by atoms with Gasteiger partial charge in [-0.25, -0.2) is 4.39 Å². The lowest BCUT2D eigenvalue weighted by Gasteiger charge is -2.07. The van der Waals surface area contributed by atoms with Crippen LogP contribution < -0.4 is 0 Å². The number of allylic oxidation sites excluding steroid dienone is 4. The minimum absolute atomic E-state index is 0.0758. The summed E-state index contributed by atoms with van der Waals surface area (Å²) in [4.78, 5) is 0. The monoisotopic (exact) mass is 190 g/mol. The molecule has 0 amide bonds. The topological polar surface area (TPSA) is 0 Å². The van der Waals surface area contributed by atoms with Gasteiger partial charge in [0.05, 0.1) is 0 Å². The predicted octanol–water partition coefficient (Wildman–Crippen LogP) is 3.30. The van der Waals surface area contributed by atoms with Crippen molar-refractivity contribution in [3.63, 3.8) is 0 Å². The third-order valence-electron chi connectivity index (χ3n) is 1.45. The Morgan fingerprint density at radius 1 is 1.67 bits per heavy atom. The third kappa shape index (κ3) is 1.42. The van der Waals surface area contributed by atoms with Gasteiger partial charge in [-0.15, -0.1) is 0 Å². The molecule has 1 aliphatic carbocycles. The summed E-state index contributed by atoms with van der Waals surface area (Å²) in [6.45, 7) is 1.79. The van der Waals surface area contributed by atoms with Crippen molar-refractivity contribution in [2.24, 2.45) is 0 Å². The molecule has 1 rings (SSSR count). The van der Waals surface area contributed by atoms with E-state index in [9.17, 15) is 4.39 Å². The Bertz CT molecular complexity index is 179. The molecular formula is C7H8BrF. The number of rotatable bonds is 0. The molecule has 0 radical (unpaired) electrons. The second-order valence-corrected chi connectivity index (χ2v) is 3.08. The number of hydrogen-bond donors (Lipinski definition) is 0. The standard InChI is InChI=1S/C7H8BrF/c1-5-6(8)3-2-4-7(5)9/h4H,2-3H2,1H3. The van der Waals surface area contributed by atoms with Crippen molar-refractivity contribution >= 4 is 15.9 Å². The van der Waals surface area contributed by atoms with Crippen molar-refractivity contribution in [2.45, 2.75) is 19.8 Å². The number of hydrogen-bond acceptors (Lipinski definition) is 0. The minimum Gasteiger partial charge on any atom is -0.207 e. The summed E-state index contributed by atoms with van der Waals surface area (Å²) >= 11 is 3.29. The molecule has 0 saturated carbocycles. The maximum Gasteiger partial charge on any atom is 0.122 e. The van der Waals surface area contributed by atoms with E-state index in [4.69, 9.17) is 0 Å². The zero-order valence-corrected chi connectivity index (χ0v) is 6.83. The molecule has 0 nitrogen and oxygen atoms in total. The molecular weight excluding hydrogens is 183 g/mol. The second kappa shape index (κ2) is 2.65. The Balaban J connectivity index is 2.88. The largest absolute Gasteiger partial charge is 0.207 e. The summed E-state index contributed by atoms with van der Waals surface area (Å²) < 4.78 is 13.6. The molecule has 0 N–H and O–H groups in total. The van der Waals surface area contributed by atoms with Crippen LogP contribution in [0.5, 0.6) is 0 Å². The SMILES string of the molecule is CC1=C(Br)CCC=C1F. The van der Waals surface area contributed by atoms with Crippen LogP contribution in [0.2, 0.25) is 0 Å². The Morgan fingerprint density at radius 3 is 2.78 bits per heavy atom. The number of halogens is 2. The van der Waals surface area contributed by atoms with Gasteiger partial charge in [-0.2, -0.15) is 0 Å². The van der Waals surface area contributed by atoms with Crippen LogP contribution in [0.4, 0.5) is 4.39 Å². The summed E-state index contributed by atoms with van der Waals surface area (Å²) in [5.74, 6) is -0.0758. The molecule has 0 spiro atoms. The first-order valence-corrected chi connectivity index (χ1v) is 3.72. The van der Waals surface area contributed by atoms with Gasteiger partial charge >= 0.3 is 0 Å². The normalized spacial score (nSPS) is 20.1. The molecule has 0 atom stereocenters. The van der Waals surface area contributed by atoms with Crippen molar-refractivity contribution in [1.29, 1.82) is 0 Å². The van der Waals surface area contributed by atoms with Crippen LogP contribution >= 0.6 is 15.9 Å². The molecule has 0 aromatic heterocycles. The van der Waals surface area contributed by atoms with Crippen LogP contribution in [-0.2, 0) is 0 Å². The van der Waals surface area contributed by atoms with Crippen molar-refractivity contribution < 1.29 is 4.39 Å². The van der Waals surface area contributed by atoms with E-state index in [0.29, 0.717) is 0 Å². The first kappa shape index (κ1) is 7.00. The smallest absolute Gasteiger partial charge is 0.122 e. The fraction of sp³-hybridized carbons (Fsp3) is 0.429. The highest BCUT2D eigenvalue weighted by Crippen LogP contribution is 2.28. The summed E-state index contributed by atoms with van der Waals surface area (Å²) in [6, 6.07) is 0. The van der Waals surface area contributed by atoms with Gasteiger partial charge in [0, 0.05) is 4.48 Å². The van der Waals surface area contributed by atoms with E-state index in [0.717, 1.165) is 22.9 Å². The van der Waals surface area contributed by atoms with E-state index in [-0.39, 0.29) is 5.83 Å². The Morgan fingerprint density at radius 2 is 2.33 bits per heavy atom. The summed E-state index contributed by atoms with van der Waals surface area (Å²) in [7, 11) is 0. The average Bonchev–Trinajstić information content (AvgIpc) is 1.83. The molecule has 2 heteroatoms. The highest BCUT2D eigenvalue weighted by atomic mass is 79.9. The highest BCUT2D eigenvalue weighted by molar-refractivity contribution is 9.11. The summed E-state index contributed by atoms with van der Waals surface area (Å²) in [6.07, 6.45) is 3.39. The van der Waals surface area contributed by atoms with Crippen LogP contribution in [0.1, 0.15) is 19.8 Å². The Kier molecular flexibility index (Phi) is 2.06. The fourth-order valence-corrected chi connectivity index (χ4v) is 1.21. The van der Waals surface area contributed by atoms with Crippen molar-refractivity contribution in [3.8, 4) is 0 Å². The first-order valence-electron chi connectivity index (χ1n) is 2.93. The van der Waals surface area contributed by atoms with Crippen molar-refractivity contribution in [1.82, 2.24) is 0 Å². The molecule has 0 aliphatic heterocycles. The molecule has 0 saturated heterocycles. The van der Waals surface area contributed by atoms with Crippen molar-refractivity contribution in [2.75, 3.05) is 0 Å².